The number of benzene rings is 1. The minimum Gasteiger partial charge on any atom is -0.388 e. The summed E-state index contributed by atoms with van der Waals surface area (Å²) >= 11 is 3.13. The van der Waals surface area contributed by atoms with Gasteiger partial charge in [-0.1, -0.05) is 12.1 Å². The number of hydrogen-bond donors (Lipinski definition) is 1. The SMILES string of the molecule is Cc1nn(C)c(C)c1CC(O)c1cccc(Br)c1F. The minimum absolute atomic E-state index is 0.303. The van der Waals surface area contributed by atoms with Gasteiger partial charge < -0.3 is 5.11 Å². The Bertz CT molecular complexity index is 610. The largest absolute Gasteiger partial charge is 0.388 e. The Morgan fingerprint density at radius 2 is 2.11 bits per heavy atom. The fraction of sp³-hybridized carbons (Fsp3) is 0.357. The van der Waals surface area contributed by atoms with Crippen LogP contribution < -0.4 is 0 Å². The van der Waals surface area contributed by atoms with Crippen molar-refractivity contribution in [3.05, 3.63) is 51.0 Å². The summed E-state index contributed by atoms with van der Waals surface area (Å²) < 4.78 is 16.1. The first-order valence-electron chi connectivity index (χ1n) is 6.03. The highest BCUT2D eigenvalue weighted by atomic mass is 79.9. The standard InChI is InChI=1S/C14H16BrFN2O/c1-8-11(9(2)18(3)17-8)7-13(19)10-5-4-6-12(15)14(10)16/h4-6,13,19H,7H2,1-3H3. The summed E-state index contributed by atoms with van der Waals surface area (Å²) in [6.07, 6.45) is -0.516. The predicted octanol–water partition coefficient (Wildman–Crippen LogP) is 3.21. The number of halogens is 2. The van der Waals surface area contributed by atoms with Crippen molar-refractivity contribution in [3.63, 3.8) is 0 Å². The molecule has 1 aromatic heterocycles. The van der Waals surface area contributed by atoms with Gasteiger partial charge in [-0.3, -0.25) is 4.68 Å². The lowest BCUT2D eigenvalue weighted by Gasteiger charge is -2.13. The average Bonchev–Trinajstić information content (AvgIpc) is 2.59. The fourth-order valence-corrected chi connectivity index (χ4v) is 2.58. The van der Waals surface area contributed by atoms with Crippen LogP contribution >= 0.6 is 15.9 Å². The van der Waals surface area contributed by atoms with Crippen molar-refractivity contribution < 1.29 is 9.50 Å². The van der Waals surface area contributed by atoms with Crippen molar-refractivity contribution in [1.29, 1.82) is 0 Å². The molecule has 3 nitrogen and oxygen atoms in total. The number of hydrogen-bond acceptors (Lipinski definition) is 2. The molecule has 0 aliphatic rings. The molecule has 19 heavy (non-hydrogen) atoms. The maximum atomic E-state index is 13.9. The molecule has 0 amide bonds. The molecular weight excluding hydrogens is 311 g/mol. The summed E-state index contributed by atoms with van der Waals surface area (Å²) in [7, 11) is 1.86. The summed E-state index contributed by atoms with van der Waals surface area (Å²) in [5.74, 6) is -0.408. The zero-order chi connectivity index (χ0) is 14.2. The fourth-order valence-electron chi connectivity index (χ4n) is 2.19. The second-order valence-corrected chi connectivity index (χ2v) is 5.49. The molecule has 5 heteroatoms. The molecule has 1 heterocycles. The normalized spacial score (nSPS) is 12.7. The first kappa shape index (κ1) is 14.2. The van der Waals surface area contributed by atoms with Gasteiger partial charge in [-0.2, -0.15) is 5.10 Å². The molecule has 2 aromatic rings. The summed E-state index contributed by atoms with van der Waals surface area (Å²) in [4.78, 5) is 0. The number of nitrogens with zero attached hydrogens (tertiary/aromatic N) is 2. The van der Waals surface area contributed by atoms with E-state index in [4.69, 9.17) is 0 Å². The summed E-state index contributed by atoms with van der Waals surface area (Å²) in [6.45, 7) is 3.84. The number of aliphatic hydroxyl groups excluding tert-OH is 1. The van der Waals surface area contributed by atoms with E-state index in [0.717, 1.165) is 17.0 Å². The molecule has 0 saturated carbocycles. The highest BCUT2D eigenvalue weighted by Crippen LogP contribution is 2.27. The second kappa shape index (κ2) is 5.43. The lowest BCUT2D eigenvalue weighted by Crippen LogP contribution is -2.06. The highest BCUT2D eigenvalue weighted by molar-refractivity contribution is 9.10. The lowest BCUT2D eigenvalue weighted by molar-refractivity contribution is 0.173. The highest BCUT2D eigenvalue weighted by Gasteiger charge is 2.19. The van der Waals surface area contributed by atoms with E-state index < -0.39 is 11.9 Å². The van der Waals surface area contributed by atoms with Gasteiger partial charge >= 0.3 is 0 Å². The van der Waals surface area contributed by atoms with Gasteiger partial charge in [0.2, 0.25) is 0 Å². The van der Waals surface area contributed by atoms with E-state index in [1.54, 1.807) is 22.9 Å². The molecule has 102 valence electrons. The van der Waals surface area contributed by atoms with Gasteiger partial charge in [-0.15, -0.1) is 0 Å². The molecule has 2 rings (SSSR count). The molecule has 0 aliphatic carbocycles. The van der Waals surface area contributed by atoms with Crippen LogP contribution in [-0.4, -0.2) is 14.9 Å². The van der Waals surface area contributed by atoms with Crippen LogP contribution in [-0.2, 0) is 13.5 Å². The Morgan fingerprint density at radius 3 is 2.68 bits per heavy atom. The molecule has 1 N–H and O–H groups in total. The molecule has 0 saturated heterocycles. The summed E-state index contributed by atoms with van der Waals surface area (Å²) in [5, 5.41) is 14.5. The minimum atomic E-state index is -0.876. The van der Waals surface area contributed by atoms with Gasteiger partial charge in [0.1, 0.15) is 5.82 Å². The topological polar surface area (TPSA) is 38.0 Å². The van der Waals surface area contributed by atoms with Crippen LogP contribution in [0.3, 0.4) is 0 Å². The van der Waals surface area contributed by atoms with Crippen LogP contribution in [0.5, 0.6) is 0 Å². The third-order valence-corrected chi connectivity index (χ3v) is 4.01. The Labute approximate surface area is 120 Å². The predicted molar refractivity (Wildman–Crippen MR) is 75.4 cm³/mol. The molecule has 0 spiro atoms. The van der Waals surface area contributed by atoms with Crippen LogP contribution in [0.15, 0.2) is 22.7 Å². The molecule has 0 radical (unpaired) electrons. The van der Waals surface area contributed by atoms with Crippen LogP contribution in [0.25, 0.3) is 0 Å². The van der Waals surface area contributed by atoms with Crippen LogP contribution in [0.4, 0.5) is 4.39 Å². The van der Waals surface area contributed by atoms with Crippen LogP contribution in [0.1, 0.15) is 28.6 Å². The molecule has 1 unspecified atom stereocenters. The van der Waals surface area contributed by atoms with Gasteiger partial charge in [0.05, 0.1) is 16.3 Å². The first-order valence-corrected chi connectivity index (χ1v) is 6.82. The molecule has 0 fully saturated rings. The maximum absolute atomic E-state index is 13.9. The smallest absolute Gasteiger partial charge is 0.143 e. The van der Waals surface area contributed by atoms with Crippen molar-refractivity contribution in [1.82, 2.24) is 9.78 Å². The van der Waals surface area contributed by atoms with E-state index in [9.17, 15) is 9.50 Å². The zero-order valence-electron chi connectivity index (χ0n) is 11.1. The van der Waals surface area contributed by atoms with Crippen molar-refractivity contribution in [2.24, 2.45) is 7.05 Å². The monoisotopic (exact) mass is 326 g/mol. The lowest BCUT2D eigenvalue weighted by atomic mass is 10.00. The first-order chi connectivity index (χ1) is 8.91. The molecule has 1 atom stereocenters. The molecule has 0 bridgehead atoms. The van der Waals surface area contributed by atoms with Gasteiger partial charge in [0.25, 0.3) is 0 Å². The Balaban J connectivity index is 2.31. The van der Waals surface area contributed by atoms with E-state index in [-0.39, 0.29) is 0 Å². The van der Waals surface area contributed by atoms with Crippen molar-refractivity contribution >= 4 is 15.9 Å². The van der Waals surface area contributed by atoms with E-state index in [1.165, 1.54) is 0 Å². The van der Waals surface area contributed by atoms with Crippen molar-refractivity contribution in [2.45, 2.75) is 26.4 Å². The Morgan fingerprint density at radius 1 is 1.42 bits per heavy atom. The van der Waals surface area contributed by atoms with Crippen molar-refractivity contribution in [3.8, 4) is 0 Å². The zero-order valence-corrected chi connectivity index (χ0v) is 12.7. The van der Waals surface area contributed by atoms with Crippen LogP contribution in [0.2, 0.25) is 0 Å². The number of aliphatic hydroxyl groups is 1. The van der Waals surface area contributed by atoms with Crippen molar-refractivity contribution in [2.75, 3.05) is 0 Å². The summed E-state index contributed by atoms with van der Waals surface area (Å²) in [5.41, 5.74) is 3.13. The third kappa shape index (κ3) is 2.72. The molecule has 0 aliphatic heterocycles. The van der Waals surface area contributed by atoms with Gasteiger partial charge in [-0.25, -0.2) is 4.39 Å². The Hall–Kier alpha value is -1.20. The quantitative estimate of drug-likeness (QED) is 0.940. The van der Waals surface area contributed by atoms with Crippen LogP contribution in [0, 0.1) is 19.7 Å². The van der Waals surface area contributed by atoms with E-state index in [2.05, 4.69) is 21.0 Å². The van der Waals surface area contributed by atoms with E-state index in [0.29, 0.717) is 16.5 Å². The summed E-state index contributed by atoms with van der Waals surface area (Å²) in [6, 6.07) is 4.94. The molecular formula is C14H16BrFN2O. The molecule has 1 aromatic carbocycles. The Kier molecular flexibility index (Phi) is 4.06. The third-order valence-electron chi connectivity index (χ3n) is 3.40. The van der Waals surface area contributed by atoms with E-state index >= 15 is 0 Å². The number of aromatic nitrogens is 2. The average molecular weight is 327 g/mol. The number of rotatable bonds is 3. The maximum Gasteiger partial charge on any atom is 0.143 e. The van der Waals surface area contributed by atoms with Gasteiger partial charge in [-0.05, 0) is 41.4 Å². The second-order valence-electron chi connectivity index (χ2n) is 4.64. The number of aryl methyl sites for hydroxylation is 2. The van der Waals surface area contributed by atoms with Gasteiger partial charge in [0, 0.05) is 24.7 Å². The van der Waals surface area contributed by atoms with E-state index in [1.807, 2.05) is 20.9 Å². The van der Waals surface area contributed by atoms with Gasteiger partial charge in [0.15, 0.2) is 0 Å².